The molecule has 1 spiro atoms. The lowest BCUT2D eigenvalue weighted by atomic mass is 9.69. The minimum atomic E-state index is -0.121. The molecule has 22 heavy (non-hydrogen) atoms. The highest BCUT2D eigenvalue weighted by Crippen LogP contribution is 2.61. The highest BCUT2D eigenvalue weighted by molar-refractivity contribution is 5.63. The smallest absolute Gasteiger partial charge is 0.231 e. The zero-order valence-electron chi connectivity index (χ0n) is 13.1. The van der Waals surface area contributed by atoms with Gasteiger partial charge in [-0.1, -0.05) is 0 Å². The third kappa shape index (κ3) is 1.60. The summed E-state index contributed by atoms with van der Waals surface area (Å²) in [4.78, 5) is 2.51. The standard InChI is InChI=1S/C18H23NO3/c1-19-7-4-11-8-14-17(22-10-21-14)16-15(11)13(19)9-18(16)5-2-12(20)3-6-18/h8,12-13,20H,2-7,9-10H2,1H3. The Labute approximate surface area is 131 Å². The molecule has 1 fully saturated rings. The minimum absolute atomic E-state index is 0.121. The minimum Gasteiger partial charge on any atom is -0.454 e. The number of fused-ring (bicyclic) bond motifs is 3. The summed E-state index contributed by atoms with van der Waals surface area (Å²) in [5.74, 6) is 1.96. The molecule has 1 saturated carbocycles. The summed E-state index contributed by atoms with van der Waals surface area (Å²) in [7, 11) is 2.25. The molecule has 2 aliphatic carbocycles. The van der Waals surface area contributed by atoms with E-state index in [4.69, 9.17) is 9.47 Å². The molecule has 1 aromatic carbocycles. The van der Waals surface area contributed by atoms with E-state index in [9.17, 15) is 5.11 Å². The van der Waals surface area contributed by atoms with E-state index in [1.54, 1.807) is 0 Å². The second-order valence-electron chi connectivity index (χ2n) is 7.52. The maximum absolute atomic E-state index is 9.97. The molecule has 118 valence electrons. The molecule has 4 nitrogen and oxygen atoms in total. The molecular weight excluding hydrogens is 278 g/mol. The molecule has 2 heterocycles. The summed E-state index contributed by atoms with van der Waals surface area (Å²) in [6, 6.07) is 2.74. The van der Waals surface area contributed by atoms with E-state index in [0.717, 1.165) is 50.1 Å². The Balaban J connectivity index is 1.72. The van der Waals surface area contributed by atoms with Gasteiger partial charge in [-0.25, -0.2) is 0 Å². The second-order valence-corrected chi connectivity index (χ2v) is 7.52. The fourth-order valence-corrected chi connectivity index (χ4v) is 5.24. The van der Waals surface area contributed by atoms with Gasteiger partial charge < -0.3 is 14.6 Å². The maximum Gasteiger partial charge on any atom is 0.231 e. The summed E-state index contributed by atoms with van der Waals surface area (Å²) >= 11 is 0. The van der Waals surface area contributed by atoms with Gasteiger partial charge in [0.15, 0.2) is 11.5 Å². The molecule has 4 aliphatic rings. The predicted octanol–water partition coefficient (Wildman–Crippen LogP) is 2.52. The maximum atomic E-state index is 9.97. The Morgan fingerprint density at radius 2 is 2.09 bits per heavy atom. The van der Waals surface area contributed by atoms with Crippen LogP contribution in [0.4, 0.5) is 0 Å². The number of hydrogen-bond acceptors (Lipinski definition) is 4. The lowest BCUT2D eigenvalue weighted by molar-refractivity contribution is 0.0848. The van der Waals surface area contributed by atoms with Crippen molar-refractivity contribution >= 4 is 0 Å². The summed E-state index contributed by atoms with van der Waals surface area (Å²) < 4.78 is 11.6. The molecule has 1 atom stereocenters. The number of rotatable bonds is 0. The van der Waals surface area contributed by atoms with Crippen LogP contribution in [0.15, 0.2) is 6.07 Å². The number of nitrogens with zero attached hydrogens (tertiary/aromatic N) is 1. The highest BCUT2D eigenvalue weighted by atomic mass is 16.7. The van der Waals surface area contributed by atoms with Crippen LogP contribution >= 0.6 is 0 Å². The summed E-state index contributed by atoms with van der Waals surface area (Å²) in [6.07, 6.45) is 6.13. The van der Waals surface area contributed by atoms with Gasteiger partial charge in [0.25, 0.3) is 0 Å². The molecule has 0 radical (unpaired) electrons. The van der Waals surface area contributed by atoms with E-state index < -0.39 is 0 Å². The summed E-state index contributed by atoms with van der Waals surface area (Å²) in [5, 5.41) is 9.97. The van der Waals surface area contributed by atoms with E-state index in [1.165, 1.54) is 23.1 Å². The average Bonchev–Trinajstić information content (AvgIpc) is 3.10. The van der Waals surface area contributed by atoms with E-state index in [-0.39, 0.29) is 11.5 Å². The molecule has 1 aromatic rings. The fraction of sp³-hybridized carbons (Fsp3) is 0.667. The van der Waals surface area contributed by atoms with Crippen LogP contribution in [-0.2, 0) is 11.8 Å². The van der Waals surface area contributed by atoms with Crippen molar-refractivity contribution in [2.75, 3.05) is 20.4 Å². The van der Waals surface area contributed by atoms with Crippen molar-refractivity contribution in [3.63, 3.8) is 0 Å². The quantitative estimate of drug-likeness (QED) is 0.799. The number of likely N-dealkylation sites (N-methyl/N-ethyl adjacent to an activating group) is 1. The number of benzene rings is 1. The molecule has 0 bridgehead atoms. The van der Waals surface area contributed by atoms with Crippen LogP contribution in [0.2, 0.25) is 0 Å². The number of ether oxygens (including phenoxy) is 2. The zero-order valence-corrected chi connectivity index (χ0v) is 13.1. The average molecular weight is 301 g/mol. The van der Waals surface area contributed by atoms with E-state index >= 15 is 0 Å². The van der Waals surface area contributed by atoms with Gasteiger partial charge in [-0.15, -0.1) is 0 Å². The third-order valence-corrected chi connectivity index (χ3v) is 6.41. The highest BCUT2D eigenvalue weighted by Gasteiger charge is 2.51. The monoisotopic (exact) mass is 301 g/mol. The van der Waals surface area contributed by atoms with Crippen molar-refractivity contribution in [3.05, 3.63) is 22.8 Å². The van der Waals surface area contributed by atoms with E-state index in [0.29, 0.717) is 12.8 Å². The first-order chi connectivity index (χ1) is 10.7. The van der Waals surface area contributed by atoms with Crippen molar-refractivity contribution < 1.29 is 14.6 Å². The van der Waals surface area contributed by atoms with Crippen LogP contribution < -0.4 is 9.47 Å². The van der Waals surface area contributed by atoms with E-state index in [2.05, 4.69) is 18.0 Å². The van der Waals surface area contributed by atoms with Crippen molar-refractivity contribution in [1.82, 2.24) is 4.90 Å². The van der Waals surface area contributed by atoms with Crippen molar-refractivity contribution in [2.45, 2.75) is 56.1 Å². The Morgan fingerprint density at radius 1 is 1.27 bits per heavy atom. The van der Waals surface area contributed by atoms with Gasteiger partial charge in [0.05, 0.1) is 6.10 Å². The number of hydrogen-bond donors (Lipinski definition) is 1. The number of aliphatic hydroxyl groups excluding tert-OH is 1. The third-order valence-electron chi connectivity index (χ3n) is 6.41. The Hall–Kier alpha value is -1.26. The number of aliphatic hydroxyl groups is 1. The van der Waals surface area contributed by atoms with E-state index in [1.807, 2.05) is 0 Å². The van der Waals surface area contributed by atoms with Gasteiger partial charge in [0, 0.05) is 23.6 Å². The second kappa shape index (κ2) is 4.39. The largest absolute Gasteiger partial charge is 0.454 e. The van der Waals surface area contributed by atoms with Crippen molar-refractivity contribution in [1.29, 1.82) is 0 Å². The molecule has 4 heteroatoms. The molecule has 0 saturated heterocycles. The van der Waals surface area contributed by atoms with Gasteiger partial charge >= 0.3 is 0 Å². The Kier molecular flexibility index (Phi) is 2.63. The predicted molar refractivity (Wildman–Crippen MR) is 82.4 cm³/mol. The van der Waals surface area contributed by atoms with Gasteiger partial charge in [0.2, 0.25) is 6.79 Å². The Morgan fingerprint density at radius 3 is 2.91 bits per heavy atom. The molecule has 5 rings (SSSR count). The van der Waals surface area contributed by atoms with Crippen LogP contribution in [0, 0.1) is 0 Å². The van der Waals surface area contributed by atoms with Crippen molar-refractivity contribution in [3.8, 4) is 11.5 Å². The molecule has 2 aliphatic heterocycles. The van der Waals surface area contributed by atoms with Crippen LogP contribution in [0.25, 0.3) is 0 Å². The molecular formula is C18H23NO3. The summed E-state index contributed by atoms with van der Waals surface area (Å²) in [6.45, 7) is 1.47. The van der Waals surface area contributed by atoms with Crippen LogP contribution in [0.1, 0.15) is 54.8 Å². The normalized spacial score (nSPS) is 35.9. The Bertz CT molecular complexity index is 634. The topological polar surface area (TPSA) is 41.9 Å². The van der Waals surface area contributed by atoms with Crippen LogP contribution in [0.5, 0.6) is 11.5 Å². The zero-order chi connectivity index (χ0) is 14.9. The van der Waals surface area contributed by atoms with Crippen LogP contribution in [-0.4, -0.2) is 36.5 Å². The van der Waals surface area contributed by atoms with Gasteiger partial charge in [-0.05, 0) is 62.8 Å². The van der Waals surface area contributed by atoms with Gasteiger partial charge in [-0.2, -0.15) is 0 Å². The lowest BCUT2D eigenvalue weighted by Crippen LogP contribution is -2.34. The fourth-order valence-electron chi connectivity index (χ4n) is 5.24. The SMILES string of the molecule is CN1CCc2cc3c(c4c2C1CC41CCC(O)CC1)OCO3. The first-order valence-electron chi connectivity index (χ1n) is 8.52. The first-order valence-corrected chi connectivity index (χ1v) is 8.52. The van der Waals surface area contributed by atoms with Crippen LogP contribution in [0.3, 0.4) is 0 Å². The molecule has 0 amide bonds. The summed E-state index contributed by atoms with van der Waals surface area (Å²) in [5.41, 5.74) is 4.60. The molecule has 0 aromatic heterocycles. The van der Waals surface area contributed by atoms with Gasteiger partial charge in [0.1, 0.15) is 0 Å². The first kappa shape index (κ1) is 13.2. The lowest BCUT2D eigenvalue weighted by Gasteiger charge is -2.37. The molecule has 1 N–H and O–H groups in total. The molecule has 1 unspecified atom stereocenters. The van der Waals surface area contributed by atoms with Crippen molar-refractivity contribution in [2.24, 2.45) is 0 Å². The van der Waals surface area contributed by atoms with Gasteiger partial charge in [-0.3, -0.25) is 4.90 Å².